The number of para-hydroxylation sites is 1. The number of aryl methyl sites for hydroxylation is 2. The number of likely N-dealkylation sites (N-methyl/N-ethyl adjacent to an activating group) is 1. The highest BCUT2D eigenvalue weighted by Crippen LogP contribution is 2.33. The van der Waals surface area contributed by atoms with Crippen molar-refractivity contribution in [2.24, 2.45) is 7.05 Å². The molecule has 0 aliphatic carbocycles. The van der Waals surface area contributed by atoms with E-state index in [1.807, 2.05) is 57.4 Å². The van der Waals surface area contributed by atoms with Gasteiger partial charge in [0.25, 0.3) is 5.91 Å². The number of aromatic nitrogens is 3. The number of hydrogen-bond donors (Lipinski definition) is 0. The summed E-state index contributed by atoms with van der Waals surface area (Å²) in [4.78, 5) is 21.5. The van der Waals surface area contributed by atoms with Gasteiger partial charge in [-0.2, -0.15) is 5.10 Å². The first-order chi connectivity index (χ1) is 11.9. The fraction of sp³-hybridized carbons (Fsp3) is 0.353. The minimum Gasteiger partial charge on any atom is -0.308 e. The number of halogens is 2. The summed E-state index contributed by atoms with van der Waals surface area (Å²) in [5, 5.41) is 5.55. The highest BCUT2D eigenvalue weighted by atomic mass is 35.5. The number of benzene rings is 1. The van der Waals surface area contributed by atoms with Crippen molar-refractivity contribution in [3.63, 3.8) is 0 Å². The molecule has 1 aromatic carbocycles. The van der Waals surface area contributed by atoms with Gasteiger partial charge in [0.2, 0.25) is 0 Å². The number of nitrogens with zero attached hydrogens (tertiary/aromatic N) is 5. The maximum Gasteiger partial charge on any atom is 0.280 e. The number of amides is 1. The maximum absolute atomic E-state index is 13.1. The smallest absolute Gasteiger partial charge is 0.280 e. The Labute approximate surface area is 167 Å². The average molecular weight is 414 g/mol. The van der Waals surface area contributed by atoms with E-state index in [2.05, 4.69) is 10.1 Å². The molecular formula is C17H21Cl2N5OS. The Hall–Kier alpha value is -1.67. The second-order valence-corrected chi connectivity index (χ2v) is 7.59. The van der Waals surface area contributed by atoms with Gasteiger partial charge in [0.15, 0.2) is 10.8 Å². The van der Waals surface area contributed by atoms with Gasteiger partial charge in [-0.1, -0.05) is 29.0 Å². The van der Waals surface area contributed by atoms with Crippen LogP contribution >= 0.6 is 35.3 Å². The maximum atomic E-state index is 13.1. The summed E-state index contributed by atoms with van der Waals surface area (Å²) in [6.45, 7) is 3.14. The van der Waals surface area contributed by atoms with Gasteiger partial charge in [0.05, 0.1) is 9.72 Å². The van der Waals surface area contributed by atoms with Crippen molar-refractivity contribution >= 4 is 56.6 Å². The lowest BCUT2D eigenvalue weighted by molar-refractivity contribution is 0.0979. The Morgan fingerprint density at radius 1 is 1.31 bits per heavy atom. The quantitative estimate of drug-likeness (QED) is 0.640. The molecule has 6 nitrogen and oxygen atoms in total. The van der Waals surface area contributed by atoms with E-state index in [-0.39, 0.29) is 18.3 Å². The monoisotopic (exact) mass is 413 g/mol. The Morgan fingerprint density at radius 3 is 2.62 bits per heavy atom. The molecule has 3 rings (SSSR count). The number of fused-ring (bicyclic) bond motifs is 1. The first-order valence-electron chi connectivity index (χ1n) is 7.88. The zero-order chi connectivity index (χ0) is 18.1. The first-order valence-corrected chi connectivity index (χ1v) is 9.08. The van der Waals surface area contributed by atoms with E-state index in [0.717, 1.165) is 22.3 Å². The number of thiazole rings is 1. The van der Waals surface area contributed by atoms with Crippen LogP contribution in [0.4, 0.5) is 5.13 Å². The summed E-state index contributed by atoms with van der Waals surface area (Å²) >= 11 is 7.71. The molecule has 2 aromatic heterocycles. The van der Waals surface area contributed by atoms with Gasteiger partial charge in [-0.15, -0.1) is 12.4 Å². The number of carbonyl (C=O) groups excluding carboxylic acids is 1. The van der Waals surface area contributed by atoms with Crippen LogP contribution in [-0.4, -0.2) is 52.8 Å². The standard InChI is InChI=1S/C17H20ClN5OS.ClH/c1-11-10-22(4)20-14(11)16(24)23(9-8-21(2)3)17-19-15-12(18)6-5-7-13(15)25-17;/h5-7,10H,8-9H2,1-4H3;1H. The second kappa shape index (κ2) is 8.35. The Bertz CT molecular complexity index is 921. The highest BCUT2D eigenvalue weighted by molar-refractivity contribution is 7.22. The number of carbonyl (C=O) groups is 1. The molecule has 140 valence electrons. The number of hydrogen-bond acceptors (Lipinski definition) is 5. The molecular weight excluding hydrogens is 393 g/mol. The van der Waals surface area contributed by atoms with Gasteiger partial charge in [0, 0.05) is 31.9 Å². The minimum atomic E-state index is -0.143. The summed E-state index contributed by atoms with van der Waals surface area (Å²) in [6, 6.07) is 5.66. The molecule has 2 heterocycles. The van der Waals surface area contributed by atoms with Crippen molar-refractivity contribution < 1.29 is 4.79 Å². The molecule has 0 radical (unpaired) electrons. The van der Waals surface area contributed by atoms with E-state index in [4.69, 9.17) is 11.6 Å². The molecule has 3 aromatic rings. The van der Waals surface area contributed by atoms with Gasteiger partial charge in [0.1, 0.15) is 5.52 Å². The largest absolute Gasteiger partial charge is 0.308 e. The molecule has 1 amide bonds. The predicted octanol–water partition coefficient (Wildman–Crippen LogP) is 3.62. The van der Waals surface area contributed by atoms with Crippen molar-refractivity contribution in [2.45, 2.75) is 6.92 Å². The molecule has 0 saturated carbocycles. The Kier molecular flexibility index (Phi) is 6.63. The fourth-order valence-electron chi connectivity index (χ4n) is 2.55. The zero-order valence-electron chi connectivity index (χ0n) is 15.1. The van der Waals surface area contributed by atoms with Crippen molar-refractivity contribution in [3.8, 4) is 0 Å². The third-order valence-electron chi connectivity index (χ3n) is 3.82. The van der Waals surface area contributed by atoms with E-state index in [0.29, 0.717) is 22.4 Å². The van der Waals surface area contributed by atoms with Gasteiger partial charge in [-0.3, -0.25) is 14.4 Å². The topological polar surface area (TPSA) is 54.3 Å². The SMILES string of the molecule is Cc1cn(C)nc1C(=O)N(CCN(C)C)c1nc2c(Cl)cccc2s1.Cl. The molecule has 9 heteroatoms. The fourth-order valence-corrected chi connectivity index (χ4v) is 3.84. The second-order valence-electron chi connectivity index (χ2n) is 6.18. The Balaban J connectivity index is 0.00000243. The molecule has 0 bridgehead atoms. The molecule has 0 aliphatic heterocycles. The average Bonchev–Trinajstić information content (AvgIpc) is 3.11. The predicted molar refractivity (Wildman–Crippen MR) is 110 cm³/mol. The number of rotatable bonds is 5. The lowest BCUT2D eigenvalue weighted by atomic mass is 10.2. The van der Waals surface area contributed by atoms with Gasteiger partial charge in [-0.25, -0.2) is 4.98 Å². The molecule has 26 heavy (non-hydrogen) atoms. The van der Waals surface area contributed by atoms with E-state index in [1.54, 1.807) is 9.58 Å². The lowest BCUT2D eigenvalue weighted by Gasteiger charge is -2.21. The van der Waals surface area contributed by atoms with Crippen molar-refractivity contribution in [3.05, 3.63) is 40.7 Å². The van der Waals surface area contributed by atoms with Crippen LogP contribution in [0.1, 0.15) is 16.1 Å². The molecule has 0 unspecified atom stereocenters. The van der Waals surface area contributed by atoms with Crippen LogP contribution in [0.5, 0.6) is 0 Å². The van der Waals surface area contributed by atoms with E-state index < -0.39 is 0 Å². The molecule has 0 N–H and O–H groups in total. The van der Waals surface area contributed by atoms with Crippen LogP contribution in [0, 0.1) is 6.92 Å². The van der Waals surface area contributed by atoms with Crippen LogP contribution in [0.3, 0.4) is 0 Å². The van der Waals surface area contributed by atoms with Crippen LogP contribution in [-0.2, 0) is 7.05 Å². The first kappa shape index (κ1) is 20.6. The minimum absolute atomic E-state index is 0. The van der Waals surface area contributed by atoms with Crippen LogP contribution in [0.15, 0.2) is 24.4 Å². The zero-order valence-corrected chi connectivity index (χ0v) is 17.5. The van der Waals surface area contributed by atoms with Crippen LogP contribution in [0.2, 0.25) is 5.02 Å². The van der Waals surface area contributed by atoms with Crippen molar-refractivity contribution in [2.75, 3.05) is 32.1 Å². The third-order valence-corrected chi connectivity index (χ3v) is 5.17. The molecule has 0 aliphatic rings. The van der Waals surface area contributed by atoms with Gasteiger partial charge >= 0.3 is 0 Å². The molecule has 0 spiro atoms. The lowest BCUT2D eigenvalue weighted by Crippen LogP contribution is -2.37. The van der Waals surface area contributed by atoms with E-state index in [1.165, 1.54) is 11.3 Å². The highest BCUT2D eigenvalue weighted by Gasteiger charge is 2.25. The summed E-state index contributed by atoms with van der Waals surface area (Å²) in [7, 11) is 5.76. The summed E-state index contributed by atoms with van der Waals surface area (Å²) < 4.78 is 2.62. The van der Waals surface area contributed by atoms with E-state index in [9.17, 15) is 4.79 Å². The normalized spacial score (nSPS) is 11.0. The van der Waals surface area contributed by atoms with Crippen LogP contribution < -0.4 is 4.90 Å². The summed E-state index contributed by atoms with van der Waals surface area (Å²) in [5.41, 5.74) is 2.03. The van der Waals surface area contributed by atoms with Gasteiger partial charge < -0.3 is 4.90 Å². The molecule has 0 saturated heterocycles. The third kappa shape index (κ3) is 4.17. The van der Waals surface area contributed by atoms with Crippen molar-refractivity contribution in [1.29, 1.82) is 0 Å². The van der Waals surface area contributed by atoms with Crippen molar-refractivity contribution in [1.82, 2.24) is 19.7 Å². The Morgan fingerprint density at radius 2 is 2.04 bits per heavy atom. The van der Waals surface area contributed by atoms with Gasteiger partial charge in [-0.05, 0) is 33.2 Å². The summed E-state index contributed by atoms with van der Waals surface area (Å²) in [5.74, 6) is -0.143. The van der Waals surface area contributed by atoms with E-state index >= 15 is 0 Å². The molecule has 0 atom stereocenters. The van der Waals surface area contributed by atoms with Crippen LogP contribution in [0.25, 0.3) is 10.2 Å². The summed E-state index contributed by atoms with van der Waals surface area (Å²) in [6.07, 6.45) is 1.84. The molecule has 0 fully saturated rings. The number of anilines is 1.